The van der Waals surface area contributed by atoms with Gasteiger partial charge in [0.15, 0.2) is 5.96 Å². The highest BCUT2D eigenvalue weighted by atomic mass is 127. The summed E-state index contributed by atoms with van der Waals surface area (Å²) in [5.41, 5.74) is 17.8. The van der Waals surface area contributed by atoms with Crippen LogP contribution in [0.15, 0.2) is 47.5 Å². The molecule has 0 bridgehead atoms. The van der Waals surface area contributed by atoms with E-state index in [1.807, 2.05) is 0 Å². The number of aryl methyl sites for hydroxylation is 2. The van der Waals surface area contributed by atoms with Crippen molar-refractivity contribution in [1.29, 1.82) is 0 Å². The molecule has 2 aliphatic rings. The summed E-state index contributed by atoms with van der Waals surface area (Å²) >= 11 is 0. The molecule has 31 heavy (non-hydrogen) atoms. The minimum Gasteiger partial charge on any atom is -0.370 e. The number of carbonyl (C=O) groups excluding carboxylic acids is 1. The van der Waals surface area contributed by atoms with E-state index in [1.165, 1.54) is 29.5 Å². The number of nitrogens with zero attached hydrogens (tertiary/aromatic N) is 2. The first-order valence-electron chi connectivity index (χ1n) is 10.8. The number of anilines is 1. The number of primary amides is 1. The fraction of sp³-hybridized carbons (Fsp3) is 0.417. The van der Waals surface area contributed by atoms with Gasteiger partial charge in [0.25, 0.3) is 0 Å². The van der Waals surface area contributed by atoms with Crippen LogP contribution in [0.25, 0.3) is 0 Å². The van der Waals surface area contributed by atoms with Crippen molar-refractivity contribution in [3.63, 3.8) is 0 Å². The number of likely N-dealkylation sites (tertiary alicyclic amines) is 1. The highest BCUT2D eigenvalue weighted by molar-refractivity contribution is 14.0. The average molecular weight is 533 g/mol. The maximum Gasteiger partial charge on any atom is 0.221 e. The first-order valence-corrected chi connectivity index (χ1v) is 10.8. The van der Waals surface area contributed by atoms with E-state index in [-0.39, 0.29) is 35.8 Å². The lowest BCUT2D eigenvalue weighted by molar-refractivity contribution is -0.123. The number of hydrogen-bond acceptors (Lipinski definition) is 3. The Morgan fingerprint density at radius 2 is 1.87 bits per heavy atom. The van der Waals surface area contributed by atoms with Crippen molar-refractivity contribution in [2.75, 3.05) is 18.4 Å². The van der Waals surface area contributed by atoms with E-state index in [0.29, 0.717) is 12.5 Å². The zero-order valence-corrected chi connectivity index (χ0v) is 20.2. The Morgan fingerprint density at radius 3 is 2.71 bits per heavy atom. The largest absolute Gasteiger partial charge is 0.370 e. The molecule has 0 spiro atoms. The normalized spacial score (nSPS) is 18.8. The Hall–Kier alpha value is -2.13. The number of benzene rings is 2. The number of hydrogen-bond donors (Lipinski definition) is 3. The molecule has 1 saturated heterocycles. The highest BCUT2D eigenvalue weighted by Crippen LogP contribution is 2.25. The molecular weight excluding hydrogens is 501 g/mol. The first-order chi connectivity index (χ1) is 14.6. The summed E-state index contributed by atoms with van der Waals surface area (Å²) in [6.07, 6.45) is 5.47. The molecule has 1 amide bonds. The maximum atomic E-state index is 11.5. The van der Waals surface area contributed by atoms with Crippen molar-refractivity contribution >= 4 is 41.5 Å². The van der Waals surface area contributed by atoms with E-state index < -0.39 is 0 Å². The number of piperidine rings is 1. The number of fused-ring (bicyclic) bond motifs is 1. The summed E-state index contributed by atoms with van der Waals surface area (Å²) in [5.74, 6) is 0.212. The Bertz CT molecular complexity index is 945. The topological polar surface area (TPSA) is 96.7 Å². The van der Waals surface area contributed by atoms with Crippen LogP contribution in [-0.2, 0) is 30.7 Å². The second kappa shape index (κ2) is 10.9. The molecule has 0 radical (unpaired) electrons. The van der Waals surface area contributed by atoms with Crippen molar-refractivity contribution in [2.45, 2.75) is 45.2 Å². The molecule has 6 nitrogen and oxygen atoms in total. The molecule has 0 saturated carbocycles. The molecule has 5 N–H and O–H groups in total. The minimum atomic E-state index is -0.186. The summed E-state index contributed by atoms with van der Waals surface area (Å²) in [4.78, 5) is 18.3. The molecule has 7 heteroatoms. The van der Waals surface area contributed by atoms with Crippen molar-refractivity contribution in [3.05, 3.63) is 64.7 Å². The van der Waals surface area contributed by atoms with Gasteiger partial charge in [-0.05, 0) is 73.0 Å². The van der Waals surface area contributed by atoms with Crippen molar-refractivity contribution in [2.24, 2.45) is 22.4 Å². The number of nitrogens with two attached hydrogens (primary N) is 2. The van der Waals surface area contributed by atoms with E-state index in [4.69, 9.17) is 11.5 Å². The van der Waals surface area contributed by atoms with E-state index in [2.05, 4.69) is 57.7 Å². The van der Waals surface area contributed by atoms with Crippen LogP contribution in [0, 0.1) is 5.92 Å². The zero-order chi connectivity index (χ0) is 20.9. The van der Waals surface area contributed by atoms with Crippen LogP contribution in [0.2, 0.25) is 0 Å². The third-order valence-corrected chi connectivity index (χ3v) is 6.11. The van der Waals surface area contributed by atoms with Gasteiger partial charge in [0.1, 0.15) is 0 Å². The number of nitrogens with one attached hydrogen (secondary N) is 1. The van der Waals surface area contributed by atoms with Crippen LogP contribution in [0.1, 0.15) is 41.5 Å². The van der Waals surface area contributed by atoms with Crippen LogP contribution in [0.3, 0.4) is 0 Å². The summed E-state index contributed by atoms with van der Waals surface area (Å²) < 4.78 is 0. The van der Waals surface area contributed by atoms with Gasteiger partial charge in [0, 0.05) is 18.8 Å². The third kappa shape index (κ3) is 6.43. The number of rotatable bonds is 6. The minimum absolute atomic E-state index is 0. The molecule has 2 aromatic rings. The fourth-order valence-electron chi connectivity index (χ4n) is 4.53. The summed E-state index contributed by atoms with van der Waals surface area (Å²) in [5, 5.41) is 3.21. The molecule has 1 unspecified atom stereocenters. The lowest BCUT2D eigenvalue weighted by Gasteiger charge is -2.31. The number of aliphatic imine (C=N–C) groups is 1. The van der Waals surface area contributed by atoms with Gasteiger partial charge in [0.05, 0.1) is 12.5 Å². The lowest BCUT2D eigenvalue weighted by Crippen LogP contribution is -2.40. The molecule has 1 aliphatic carbocycles. The van der Waals surface area contributed by atoms with E-state index in [0.717, 1.165) is 50.1 Å². The Morgan fingerprint density at radius 1 is 1.06 bits per heavy atom. The standard InChI is InChI=1S/C24H31N5O.HI/c25-23(30)21-8-3-11-29(16-21)15-18-5-1-4-17(12-18)14-27-24(26)28-22-10-9-19-6-2-7-20(19)13-22;/h1,4-5,9-10,12-13,21H,2-3,6-8,11,14-16H2,(H2,25,30)(H3,26,27,28);1H. The SMILES string of the molecule is I.NC(=O)C1CCCN(Cc2cccc(CN=C(N)Nc3ccc4c(c3)CCC4)c2)C1. The van der Waals surface area contributed by atoms with Gasteiger partial charge >= 0.3 is 0 Å². The number of guanidine groups is 1. The number of halogens is 1. The number of carbonyl (C=O) groups is 1. The van der Waals surface area contributed by atoms with Gasteiger partial charge in [0.2, 0.25) is 5.91 Å². The maximum absolute atomic E-state index is 11.5. The van der Waals surface area contributed by atoms with Gasteiger partial charge in [-0.15, -0.1) is 24.0 Å². The van der Waals surface area contributed by atoms with Crippen LogP contribution in [0.5, 0.6) is 0 Å². The molecule has 1 atom stereocenters. The molecule has 2 aromatic carbocycles. The molecule has 1 aliphatic heterocycles. The second-order valence-electron chi connectivity index (χ2n) is 8.46. The summed E-state index contributed by atoms with van der Waals surface area (Å²) in [6.45, 7) is 3.10. The van der Waals surface area contributed by atoms with Crippen LogP contribution >= 0.6 is 24.0 Å². The monoisotopic (exact) mass is 533 g/mol. The highest BCUT2D eigenvalue weighted by Gasteiger charge is 2.23. The van der Waals surface area contributed by atoms with E-state index in [1.54, 1.807) is 0 Å². The summed E-state index contributed by atoms with van der Waals surface area (Å²) in [7, 11) is 0. The Labute approximate surface area is 201 Å². The van der Waals surface area contributed by atoms with E-state index in [9.17, 15) is 4.79 Å². The number of amides is 1. The molecular formula is C24H32IN5O. The van der Waals surface area contributed by atoms with Crippen molar-refractivity contribution in [3.8, 4) is 0 Å². The van der Waals surface area contributed by atoms with Gasteiger partial charge < -0.3 is 16.8 Å². The fourth-order valence-corrected chi connectivity index (χ4v) is 4.53. The van der Waals surface area contributed by atoms with Gasteiger partial charge in [-0.2, -0.15) is 0 Å². The molecule has 0 aromatic heterocycles. The second-order valence-corrected chi connectivity index (χ2v) is 8.46. The van der Waals surface area contributed by atoms with Crippen LogP contribution < -0.4 is 16.8 Å². The molecule has 4 rings (SSSR count). The predicted octanol–water partition coefficient (Wildman–Crippen LogP) is 3.42. The quantitative estimate of drug-likeness (QED) is 0.301. The molecule has 166 valence electrons. The van der Waals surface area contributed by atoms with Gasteiger partial charge in [-0.25, -0.2) is 4.99 Å². The Balaban J connectivity index is 0.00000272. The smallest absolute Gasteiger partial charge is 0.221 e. The average Bonchev–Trinajstić information content (AvgIpc) is 3.21. The Kier molecular flexibility index (Phi) is 8.31. The van der Waals surface area contributed by atoms with Crippen LogP contribution in [-0.4, -0.2) is 29.9 Å². The van der Waals surface area contributed by atoms with Crippen molar-refractivity contribution in [1.82, 2.24) is 4.90 Å². The van der Waals surface area contributed by atoms with Gasteiger partial charge in [-0.3, -0.25) is 9.69 Å². The third-order valence-electron chi connectivity index (χ3n) is 6.11. The molecule has 1 fully saturated rings. The molecule has 1 heterocycles. The lowest BCUT2D eigenvalue weighted by atomic mass is 9.97. The summed E-state index contributed by atoms with van der Waals surface area (Å²) in [6, 6.07) is 14.9. The predicted molar refractivity (Wildman–Crippen MR) is 136 cm³/mol. The zero-order valence-electron chi connectivity index (χ0n) is 17.8. The first kappa shape index (κ1) is 23.5. The van der Waals surface area contributed by atoms with Crippen molar-refractivity contribution < 1.29 is 4.79 Å². The van der Waals surface area contributed by atoms with E-state index >= 15 is 0 Å². The van der Waals surface area contributed by atoms with Crippen LogP contribution in [0.4, 0.5) is 5.69 Å². The van der Waals surface area contributed by atoms with Gasteiger partial charge in [-0.1, -0.05) is 30.3 Å².